The maximum atomic E-state index is 11.8. The molecule has 0 aliphatic heterocycles. The Labute approximate surface area is 132 Å². The summed E-state index contributed by atoms with van der Waals surface area (Å²) >= 11 is 3.16. The Kier molecular flexibility index (Phi) is 6.59. The van der Waals surface area contributed by atoms with Crippen LogP contribution in [0.2, 0.25) is 0 Å². The largest absolute Gasteiger partial charge is 0.479 e. The fraction of sp³-hybridized carbons (Fsp3) is 0.417. The molecule has 0 aliphatic rings. The van der Waals surface area contributed by atoms with Gasteiger partial charge in [-0.15, -0.1) is 0 Å². The molecule has 118 valence electrons. The predicted molar refractivity (Wildman–Crippen MR) is 80.5 cm³/mol. The molecule has 1 aromatic carbocycles. The van der Waals surface area contributed by atoms with E-state index in [9.17, 15) is 13.2 Å². The van der Waals surface area contributed by atoms with Crippen LogP contribution in [0.15, 0.2) is 27.6 Å². The van der Waals surface area contributed by atoms with Gasteiger partial charge in [-0.2, -0.15) is 0 Å². The number of nitrogens with two attached hydrogens (primary N) is 1. The molecule has 0 saturated heterocycles. The molecule has 3 N–H and O–H groups in total. The zero-order valence-corrected chi connectivity index (χ0v) is 14.0. The molecule has 0 spiro atoms. The second-order valence-corrected chi connectivity index (χ2v) is 6.63. The van der Waals surface area contributed by atoms with E-state index in [0.29, 0.717) is 17.6 Å². The van der Waals surface area contributed by atoms with Crippen molar-refractivity contribution in [3.63, 3.8) is 0 Å². The molecule has 1 amide bonds. The molecule has 0 saturated carbocycles. The number of carbonyl (C=O) groups excluding carboxylic acids is 1. The minimum Gasteiger partial charge on any atom is -0.479 e. The number of primary sulfonamides is 1. The van der Waals surface area contributed by atoms with Crippen LogP contribution in [0, 0.1) is 0 Å². The SMILES string of the molecule is COCCNC(=O)C(C)Oc1ccc(Br)cc1S(N)(=O)=O. The lowest BCUT2D eigenvalue weighted by Crippen LogP contribution is -2.38. The highest BCUT2D eigenvalue weighted by Crippen LogP contribution is 2.27. The normalized spacial score (nSPS) is 12.8. The van der Waals surface area contributed by atoms with Gasteiger partial charge < -0.3 is 14.8 Å². The highest BCUT2D eigenvalue weighted by atomic mass is 79.9. The summed E-state index contributed by atoms with van der Waals surface area (Å²) in [6.45, 7) is 2.22. The average Bonchev–Trinajstić information content (AvgIpc) is 2.39. The van der Waals surface area contributed by atoms with Gasteiger partial charge in [0, 0.05) is 18.1 Å². The molecule has 0 bridgehead atoms. The maximum Gasteiger partial charge on any atom is 0.260 e. The summed E-state index contributed by atoms with van der Waals surface area (Å²) in [7, 11) is -2.43. The Hall–Kier alpha value is -1.16. The van der Waals surface area contributed by atoms with E-state index in [0.717, 1.165) is 0 Å². The fourth-order valence-electron chi connectivity index (χ4n) is 1.47. The summed E-state index contributed by atoms with van der Waals surface area (Å²) in [4.78, 5) is 11.6. The highest BCUT2D eigenvalue weighted by Gasteiger charge is 2.20. The summed E-state index contributed by atoms with van der Waals surface area (Å²) in [5.74, 6) is -0.356. The van der Waals surface area contributed by atoms with Gasteiger partial charge in [0.05, 0.1) is 6.61 Å². The first-order valence-corrected chi connectivity index (χ1v) is 8.35. The third kappa shape index (κ3) is 5.62. The van der Waals surface area contributed by atoms with Crippen LogP contribution in [0.5, 0.6) is 5.75 Å². The number of carbonyl (C=O) groups is 1. The molecule has 0 heterocycles. The van der Waals surface area contributed by atoms with E-state index in [1.54, 1.807) is 6.07 Å². The van der Waals surface area contributed by atoms with Crippen LogP contribution in [0.25, 0.3) is 0 Å². The Bertz CT molecular complexity index is 606. The minimum absolute atomic E-state index is 0.0232. The highest BCUT2D eigenvalue weighted by molar-refractivity contribution is 9.10. The van der Waals surface area contributed by atoms with Gasteiger partial charge >= 0.3 is 0 Å². The number of hydrogen-bond acceptors (Lipinski definition) is 5. The monoisotopic (exact) mass is 380 g/mol. The molecule has 0 aromatic heterocycles. The van der Waals surface area contributed by atoms with Crippen molar-refractivity contribution in [2.45, 2.75) is 17.9 Å². The molecule has 1 rings (SSSR count). The van der Waals surface area contributed by atoms with Crippen molar-refractivity contribution in [1.82, 2.24) is 5.32 Å². The molecular weight excluding hydrogens is 364 g/mol. The van der Waals surface area contributed by atoms with Crippen molar-refractivity contribution in [1.29, 1.82) is 0 Å². The van der Waals surface area contributed by atoms with Gasteiger partial charge in [-0.1, -0.05) is 15.9 Å². The van der Waals surface area contributed by atoms with Gasteiger partial charge in [0.15, 0.2) is 6.10 Å². The molecule has 1 unspecified atom stereocenters. The second kappa shape index (κ2) is 7.74. The fourth-order valence-corrected chi connectivity index (χ4v) is 2.67. The number of benzene rings is 1. The van der Waals surface area contributed by atoms with E-state index in [2.05, 4.69) is 21.2 Å². The van der Waals surface area contributed by atoms with Crippen LogP contribution < -0.4 is 15.2 Å². The van der Waals surface area contributed by atoms with Crippen molar-refractivity contribution < 1.29 is 22.7 Å². The van der Waals surface area contributed by atoms with E-state index < -0.39 is 16.1 Å². The Morgan fingerprint density at radius 1 is 1.48 bits per heavy atom. The van der Waals surface area contributed by atoms with Crippen LogP contribution >= 0.6 is 15.9 Å². The maximum absolute atomic E-state index is 11.8. The van der Waals surface area contributed by atoms with Crippen LogP contribution in [-0.2, 0) is 19.6 Å². The lowest BCUT2D eigenvalue weighted by atomic mass is 10.3. The second-order valence-electron chi connectivity index (χ2n) is 4.18. The first-order chi connectivity index (χ1) is 9.75. The first kappa shape index (κ1) is 17.9. The summed E-state index contributed by atoms with van der Waals surface area (Å²) in [6.07, 6.45) is -0.872. The standard InChI is InChI=1S/C12H17BrN2O5S/c1-8(12(16)15-5-6-19-2)20-10-4-3-9(13)7-11(10)21(14,17)18/h3-4,7-8H,5-6H2,1-2H3,(H,15,16)(H2,14,17,18). The third-order valence-electron chi connectivity index (χ3n) is 2.49. The average molecular weight is 381 g/mol. The van der Waals surface area contributed by atoms with Crippen LogP contribution in [0.4, 0.5) is 0 Å². The van der Waals surface area contributed by atoms with Gasteiger partial charge in [-0.3, -0.25) is 4.79 Å². The lowest BCUT2D eigenvalue weighted by molar-refractivity contribution is -0.127. The minimum atomic E-state index is -3.95. The van der Waals surface area contributed by atoms with Gasteiger partial charge in [-0.25, -0.2) is 13.6 Å². The smallest absolute Gasteiger partial charge is 0.260 e. The van der Waals surface area contributed by atoms with Crippen molar-refractivity contribution in [2.75, 3.05) is 20.3 Å². The van der Waals surface area contributed by atoms with Gasteiger partial charge in [0.2, 0.25) is 10.0 Å². The molecule has 0 aliphatic carbocycles. The number of nitrogens with one attached hydrogen (secondary N) is 1. The van der Waals surface area contributed by atoms with Crippen molar-refractivity contribution in [3.8, 4) is 5.75 Å². The summed E-state index contributed by atoms with van der Waals surface area (Å²) in [6, 6.07) is 4.35. The zero-order valence-electron chi connectivity index (χ0n) is 11.6. The Morgan fingerprint density at radius 2 is 2.14 bits per heavy atom. The molecule has 0 fully saturated rings. The summed E-state index contributed by atoms with van der Waals surface area (Å²) < 4.78 is 33.8. The lowest BCUT2D eigenvalue weighted by Gasteiger charge is -2.16. The zero-order chi connectivity index (χ0) is 16.0. The summed E-state index contributed by atoms with van der Waals surface area (Å²) in [5, 5.41) is 7.73. The van der Waals surface area contributed by atoms with Gasteiger partial charge in [0.1, 0.15) is 10.6 Å². The number of rotatable bonds is 7. The first-order valence-electron chi connectivity index (χ1n) is 6.01. The molecule has 1 atom stereocenters. The van der Waals surface area contributed by atoms with E-state index in [4.69, 9.17) is 14.6 Å². The van der Waals surface area contributed by atoms with E-state index >= 15 is 0 Å². The molecule has 9 heteroatoms. The van der Waals surface area contributed by atoms with Crippen molar-refractivity contribution in [2.24, 2.45) is 5.14 Å². The Balaban J connectivity index is 2.85. The third-order valence-corrected chi connectivity index (χ3v) is 3.92. The van der Waals surface area contributed by atoms with Gasteiger partial charge in [-0.05, 0) is 25.1 Å². The van der Waals surface area contributed by atoms with E-state index in [-0.39, 0.29) is 16.6 Å². The quantitative estimate of drug-likeness (QED) is 0.674. The van der Waals surface area contributed by atoms with Crippen LogP contribution in [0.3, 0.4) is 0 Å². The molecule has 21 heavy (non-hydrogen) atoms. The number of hydrogen-bond donors (Lipinski definition) is 2. The topological polar surface area (TPSA) is 108 Å². The number of amides is 1. The summed E-state index contributed by atoms with van der Waals surface area (Å²) in [5.41, 5.74) is 0. The predicted octanol–water partition coefficient (Wildman–Crippen LogP) is 0.626. The van der Waals surface area contributed by atoms with Crippen LogP contribution in [0.1, 0.15) is 6.92 Å². The van der Waals surface area contributed by atoms with Crippen molar-refractivity contribution >= 4 is 31.9 Å². The number of halogens is 1. The number of methoxy groups -OCH3 is 1. The Morgan fingerprint density at radius 3 is 2.71 bits per heavy atom. The molecule has 7 nitrogen and oxygen atoms in total. The molecule has 0 radical (unpaired) electrons. The number of ether oxygens (including phenoxy) is 2. The molecular formula is C12H17BrN2O5S. The van der Waals surface area contributed by atoms with E-state index in [1.165, 1.54) is 26.2 Å². The number of sulfonamides is 1. The van der Waals surface area contributed by atoms with Gasteiger partial charge in [0.25, 0.3) is 5.91 Å². The molecule has 1 aromatic rings. The van der Waals surface area contributed by atoms with Crippen molar-refractivity contribution in [3.05, 3.63) is 22.7 Å². The van der Waals surface area contributed by atoms with Crippen LogP contribution in [-0.4, -0.2) is 40.7 Å². The van der Waals surface area contributed by atoms with E-state index in [1.807, 2.05) is 0 Å².